The fourth-order valence-corrected chi connectivity index (χ4v) is 4.83. The number of hydrogen-bond acceptors (Lipinski definition) is 4. The molecule has 1 aromatic rings. The summed E-state index contributed by atoms with van der Waals surface area (Å²) in [5.41, 5.74) is 0. The first-order valence-electron chi connectivity index (χ1n) is 8.04. The minimum atomic E-state index is -3.64. The molecule has 0 unspecified atom stereocenters. The summed E-state index contributed by atoms with van der Waals surface area (Å²) in [6.45, 7) is 2.51. The molecule has 0 saturated carbocycles. The molecule has 1 atom stereocenters. The van der Waals surface area contributed by atoms with Crippen LogP contribution in [0, 0.1) is 0 Å². The van der Waals surface area contributed by atoms with Crippen LogP contribution in [-0.4, -0.2) is 62.4 Å². The standard InChI is InChI=1S/C16H22N2O4S/c19-16(17-10-12-22-13-11-17)15-8-4-5-9-18(15)23(20,21)14-6-2-1-3-7-14/h1-3,6-7,15H,4-5,8-13H2/t15-/m0/s1. The lowest BCUT2D eigenvalue weighted by atomic mass is 10.0. The van der Waals surface area contributed by atoms with E-state index in [1.165, 1.54) is 4.31 Å². The third-order valence-corrected chi connectivity index (χ3v) is 6.33. The molecule has 23 heavy (non-hydrogen) atoms. The molecule has 126 valence electrons. The van der Waals surface area contributed by atoms with Crippen molar-refractivity contribution in [1.29, 1.82) is 0 Å². The van der Waals surface area contributed by atoms with Gasteiger partial charge >= 0.3 is 0 Å². The average molecular weight is 338 g/mol. The first-order valence-corrected chi connectivity index (χ1v) is 9.48. The Kier molecular flexibility index (Phi) is 4.99. The van der Waals surface area contributed by atoms with Gasteiger partial charge < -0.3 is 9.64 Å². The topological polar surface area (TPSA) is 66.9 Å². The van der Waals surface area contributed by atoms with Crippen LogP contribution in [0.25, 0.3) is 0 Å². The molecule has 2 aliphatic rings. The van der Waals surface area contributed by atoms with E-state index in [1.807, 2.05) is 0 Å². The number of morpholine rings is 1. The van der Waals surface area contributed by atoms with Crippen molar-refractivity contribution in [3.05, 3.63) is 30.3 Å². The summed E-state index contributed by atoms with van der Waals surface area (Å²) in [5.74, 6) is -0.0903. The molecule has 1 amide bonds. The van der Waals surface area contributed by atoms with Gasteiger partial charge in [-0.05, 0) is 25.0 Å². The Labute approximate surface area is 137 Å². The van der Waals surface area contributed by atoms with Crippen molar-refractivity contribution in [3.63, 3.8) is 0 Å². The summed E-state index contributed by atoms with van der Waals surface area (Å²) < 4.78 is 32.5. The molecule has 0 aliphatic carbocycles. The molecular weight excluding hydrogens is 316 g/mol. The highest BCUT2D eigenvalue weighted by molar-refractivity contribution is 7.89. The SMILES string of the molecule is O=C([C@@H]1CCCCN1S(=O)(=O)c1ccccc1)N1CCOCC1. The number of hydrogen-bond donors (Lipinski definition) is 0. The summed E-state index contributed by atoms with van der Waals surface area (Å²) in [6, 6.07) is 7.77. The third kappa shape index (κ3) is 3.41. The summed E-state index contributed by atoms with van der Waals surface area (Å²) in [7, 11) is -3.64. The zero-order chi connectivity index (χ0) is 16.3. The summed E-state index contributed by atoms with van der Waals surface area (Å²) in [5, 5.41) is 0. The second kappa shape index (κ2) is 6.98. The highest BCUT2D eigenvalue weighted by Crippen LogP contribution is 2.26. The normalized spacial score (nSPS) is 23.7. The van der Waals surface area contributed by atoms with Gasteiger partial charge in [0.15, 0.2) is 0 Å². The quantitative estimate of drug-likeness (QED) is 0.827. The molecule has 2 saturated heterocycles. The first-order chi connectivity index (χ1) is 11.1. The maximum Gasteiger partial charge on any atom is 0.243 e. The summed E-state index contributed by atoms with van der Waals surface area (Å²) in [6.07, 6.45) is 2.25. The molecule has 2 aliphatic heterocycles. The number of ether oxygens (including phenoxy) is 1. The highest BCUT2D eigenvalue weighted by atomic mass is 32.2. The number of piperidine rings is 1. The van der Waals surface area contributed by atoms with Crippen LogP contribution in [0.5, 0.6) is 0 Å². The van der Waals surface area contributed by atoms with E-state index in [4.69, 9.17) is 4.74 Å². The van der Waals surface area contributed by atoms with Gasteiger partial charge in [-0.25, -0.2) is 8.42 Å². The predicted molar refractivity (Wildman–Crippen MR) is 85.4 cm³/mol. The van der Waals surface area contributed by atoms with E-state index in [0.29, 0.717) is 39.3 Å². The Morgan fingerprint density at radius 3 is 2.43 bits per heavy atom. The minimum Gasteiger partial charge on any atom is -0.378 e. The van der Waals surface area contributed by atoms with Crippen LogP contribution in [0.15, 0.2) is 35.2 Å². The first kappa shape index (κ1) is 16.4. The fourth-order valence-electron chi connectivity index (χ4n) is 3.16. The number of rotatable bonds is 3. The van der Waals surface area contributed by atoms with Crippen molar-refractivity contribution in [2.45, 2.75) is 30.2 Å². The van der Waals surface area contributed by atoms with E-state index in [2.05, 4.69) is 0 Å². The number of benzene rings is 1. The number of nitrogens with zero attached hydrogens (tertiary/aromatic N) is 2. The van der Waals surface area contributed by atoms with Crippen molar-refractivity contribution >= 4 is 15.9 Å². The van der Waals surface area contributed by atoms with Crippen LogP contribution in [0.3, 0.4) is 0 Å². The van der Waals surface area contributed by atoms with Crippen LogP contribution in [0.4, 0.5) is 0 Å². The predicted octanol–water partition coefficient (Wildman–Crippen LogP) is 1.09. The molecule has 0 spiro atoms. The number of carbonyl (C=O) groups excluding carboxylic acids is 1. The molecule has 2 heterocycles. The van der Waals surface area contributed by atoms with Gasteiger partial charge in [-0.3, -0.25) is 4.79 Å². The lowest BCUT2D eigenvalue weighted by Gasteiger charge is -2.37. The number of amides is 1. The third-order valence-electron chi connectivity index (χ3n) is 4.41. The van der Waals surface area contributed by atoms with E-state index < -0.39 is 16.1 Å². The fraction of sp³-hybridized carbons (Fsp3) is 0.562. The van der Waals surface area contributed by atoms with Crippen molar-refractivity contribution in [1.82, 2.24) is 9.21 Å². The van der Waals surface area contributed by atoms with Crippen molar-refractivity contribution in [3.8, 4) is 0 Å². The van der Waals surface area contributed by atoms with Crippen LogP contribution < -0.4 is 0 Å². The lowest BCUT2D eigenvalue weighted by molar-refractivity contribution is -0.140. The van der Waals surface area contributed by atoms with Crippen molar-refractivity contribution in [2.75, 3.05) is 32.8 Å². The van der Waals surface area contributed by atoms with E-state index in [1.54, 1.807) is 35.2 Å². The largest absolute Gasteiger partial charge is 0.378 e. The molecule has 1 aromatic carbocycles. The van der Waals surface area contributed by atoms with Crippen LogP contribution >= 0.6 is 0 Å². The number of carbonyl (C=O) groups is 1. The molecule has 0 N–H and O–H groups in total. The molecule has 0 bridgehead atoms. The molecule has 7 heteroatoms. The van der Waals surface area contributed by atoms with Gasteiger partial charge in [-0.1, -0.05) is 24.6 Å². The van der Waals surface area contributed by atoms with Crippen molar-refractivity contribution in [2.24, 2.45) is 0 Å². The van der Waals surface area contributed by atoms with Gasteiger partial charge in [0.1, 0.15) is 6.04 Å². The Bertz CT molecular complexity index is 641. The Hall–Kier alpha value is -1.44. The Morgan fingerprint density at radius 1 is 1.04 bits per heavy atom. The highest BCUT2D eigenvalue weighted by Gasteiger charge is 2.39. The second-order valence-corrected chi connectivity index (χ2v) is 7.77. The molecular formula is C16H22N2O4S. The van der Waals surface area contributed by atoms with Gasteiger partial charge in [-0.2, -0.15) is 4.31 Å². The molecule has 6 nitrogen and oxygen atoms in total. The smallest absolute Gasteiger partial charge is 0.243 e. The van der Waals surface area contributed by atoms with Crippen LogP contribution in [0.1, 0.15) is 19.3 Å². The van der Waals surface area contributed by atoms with Gasteiger partial charge in [0.2, 0.25) is 15.9 Å². The lowest BCUT2D eigenvalue weighted by Crippen LogP contribution is -2.54. The molecule has 0 radical (unpaired) electrons. The minimum absolute atomic E-state index is 0.0903. The van der Waals surface area contributed by atoms with E-state index in [-0.39, 0.29) is 10.8 Å². The maximum atomic E-state index is 12.9. The van der Waals surface area contributed by atoms with Crippen LogP contribution in [0.2, 0.25) is 0 Å². The molecule has 3 rings (SSSR count). The van der Waals surface area contributed by atoms with Gasteiger partial charge in [-0.15, -0.1) is 0 Å². The summed E-state index contributed by atoms with van der Waals surface area (Å²) in [4.78, 5) is 14.8. The van der Waals surface area contributed by atoms with E-state index >= 15 is 0 Å². The summed E-state index contributed by atoms with van der Waals surface area (Å²) >= 11 is 0. The monoisotopic (exact) mass is 338 g/mol. The zero-order valence-corrected chi connectivity index (χ0v) is 13.9. The molecule has 0 aromatic heterocycles. The van der Waals surface area contributed by atoms with Gasteiger partial charge in [0.05, 0.1) is 18.1 Å². The van der Waals surface area contributed by atoms with Gasteiger partial charge in [0, 0.05) is 19.6 Å². The second-order valence-electron chi connectivity index (χ2n) is 5.88. The Balaban J connectivity index is 1.85. The van der Waals surface area contributed by atoms with E-state index in [0.717, 1.165) is 12.8 Å². The van der Waals surface area contributed by atoms with E-state index in [9.17, 15) is 13.2 Å². The molecule has 2 fully saturated rings. The van der Waals surface area contributed by atoms with Gasteiger partial charge in [0.25, 0.3) is 0 Å². The average Bonchev–Trinajstić information content (AvgIpc) is 2.62. The van der Waals surface area contributed by atoms with Crippen molar-refractivity contribution < 1.29 is 17.9 Å². The Morgan fingerprint density at radius 2 is 1.74 bits per heavy atom. The maximum absolute atomic E-state index is 12.9. The zero-order valence-electron chi connectivity index (χ0n) is 13.1. The number of sulfonamides is 1. The van der Waals surface area contributed by atoms with Crippen LogP contribution in [-0.2, 0) is 19.6 Å².